The van der Waals surface area contributed by atoms with Crippen molar-refractivity contribution in [3.05, 3.63) is 29.3 Å². The molecular formula is C12H20ClNO2. The van der Waals surface area contributed by atoms with Crippen molar-refractivity contribution in [2.75, 3.05) is 0 Å². The summed E-state index contributed by atoms with van der Waals surface area (Å²) in [7, 11) is 0. The molecule has 4 heteroatoms. The van der Waals surface area contributed by atoms with Crippen LogP contribution in [0.4, 0.5) is 0 Å². The number of rotatable bonds is 4. The largest absolute Gasteiger partial charge is 0.507 e. The van der Waals surface area contributed by atoms with Gasteiger partial charge in [-0.15, -0.1) is 12.4 Å². The highest BCUT2D eigenvalue weighted by Crippen LogP contribution is 2.28. The maximum atomic E-state index is 9.79. The second-order valence-electron chi connectivity index (χ2n) is 3.89. The smallest absolute Gasteiger partial charge is 0.123 e. The van der Waals surface area contributed by atoms with E-state index in [1.54, 1.807) is 6.07 Å². The van der Waals surface area contributed by atoms with Gasteiger partial charge >= 0.3 is 0 Å². The van der Waals surface area contributed by atoms with Crippen molar-refractivity contribution in [3.63, 3.8) is 0 Å². The molecule has 0 saturated carbocycles. The summed E-state index contributed by atoms with van der Waals surface area (Å²) in [5.41, 5.74) is 7.29. The molecule has 0 bridgehead atoms. The Hall–Kier alpha value is -0.770. The van der Waals surface area contributed by atoms with Gasteiger partial charge in [-0.25, -0.2) is 0 Å². The molecule has 92 valence electrons. The zero-order valence-electron chi connectivity index (χ0n) is 9.68. The van der Waals surface area contributed by atoms with Crippen LogP contribution in [0.1, 0.15) is 36.9 Å². The summed E-state index contributed by atoms with van der Waals surface area (Å²) in [4.78, 5) is 0. The number of benzene rings is 1. The number of halogens is 1. The Labute approximate surface area is 103 Å². The van der Waals surface area contributed by atoms with Crippen molar-refractivity contribution in [2.45, 2.75) is 38.8 Å². The minimum atomic E-state index is -0.595. The summed E-state index contributed by atoms with van der Waals surface area (Å²) >= 11 is 0. The first-order valence-electron chi connectivity index (χ1n) is 5.30. The van der Waals surface area contributed by atoms with Crippen LogP contribution in [-0.2, 0) is 0 Å². The number of aryl methyl sites for hydroxylation is 1. The number of hydrogen-bond donors (Lipinski definition) is 3. The Balaban J connectivity index is 0.00000225. The first-order valence-corrected chi connectivity index (χ1v) is 5.30. The van der Waals surface area contributed by atoms with Crippen LogP contribution in [0.3, 0.4) is 0 Å². The lowest BCUT2D eigenvalue weighted by Gasteiger charge is -2.20. The fourth-order valence-electron chi connectivity index (χ4n) is 1.63. The standard InChI is InChI=1S/C12H19NO2.ClH/c1-3-5-10(14)11(13)9-7-4-6-8(2)12(9)15;/h4,6-7,10-11,14-15H,3,5,13H2,1-2H3;1H/t10-,11+;/m1./s1. The zero-order valence-corrected chi connectivity index (χ0v) is 10.5. The quantitative estimate of drug-likeness (QED) is 0.763. The van der Waals surface area contributed by atoms with Gasteiger partial charge in [-0.05, 0) is 18.9 Å². The molecule has 0 fully saturated rings. The van der Waals surface area contributed by atoms with Crippen LogP contribution >= 0.6 is 12.4 Å². The zero-order chi connectivity index (χ0) is 11.4. The van der Waals surface area contributed by atoms with Gasteiger partial charge in [0, 0.05) is 5.56 Å². The highest BCUT2D eigenvalue weighted by molar-refractivity contribution is 5.85. The van der Waals surface area contributed by atoms with E-state index in [-0.39, 0.29) is 18.2 Å². The molecule has 0 aliphatic heterocycles. The van der Waals surface area contributed by atoms with Crippen molar-refractivity contribution in [1.29, 1.82) is 0 Å². The Kier molecular flexibility index (Phi) is 6.41. The lowest BCUT2D eigenvalue weighted by atomic mass is 9.97. The Morgan fingerprint density at radius 1 is 1.38 bits per heavy atom. The summed E-state index contributed by atoms with van der Waals surface area (Å²) in [5, 5.41) is 19.5. The van der Waals surface area contributed by atoms with Gasteiger partial charge in [0.05, 0.1) is 12.1 Å². The normalized spacial score (nSPS) is 14.0. The fourth-order valence-corrected chi connectivity index (χ4v) is 1.63. The third-order valence-corrected chi connectivity index (χ3v) is 2.63. The third kappa shape index (κ3) is 3.37. The number of aliphatic hydroxyl groups is 1. The molecule has 1 aromatic rings. The van der Waals surface area contributed by atoms with E-state index in [4.69, 9.17) is 5.73 Å². The molecule has 0 radical (unpaired) electrons. The molecule has 0 aliphatic carbocycles. The van der Waals surface area contributed by atoms with Crippen molar-refractivity contribution in [1.82, 2.24) is 0 Å². The fraction of sp³-hybridized carbons (Fsp3) is 0.500. The van der Waals surface area contributed by atoms with Crippen LogP contribution < -0.4 is 5.73 Å². The molecule has 4 N–H and O–H groups in total. The summed E-state index contributed by atoms with van der Waals surface area (Å²) in [5.74, 6) is 0.195. The van der Waals surface area contributed by atoms with Gasteiger partial charge < -0.3 is 15.9 Å². The lowest BCUT2D eigenvalue weighted by molar-refractivity contribution is 0.133. The Morgan fingerprint density at radius 2 is 2.00 bits per heavy atom. The average Bonchev–Trinajstić information content (AvgIpc) is 2.21. The number of nitrogens with two attached hydrogens (primary N) is 1. The highest BCUT2D eigenvalue weighted by atomic mass is 35.5. The summed E-state index contributed by atoms with van der Waals surface area (Å²) < 4.78 is 0. The number of aliphatic hydroxyl groups excluding tert-OH is 1. The van der Waals surface area contributed by atoms with E-state index in [9.17, 15) is 10.2 Å². The molecule has 0 unspecified atom stereocenters. The molecule has 16 heavy (non-hydrogen) atoms. The average molecular weight is 246 g/mol. The molecule has 1 rings (SSSR count). The van der Waals surface area contributed by atoms with E-state index in [0.717, 1.165) is 12.0 Å². The van der Waals surface area contributed by atoms with Gasteiger partial charge in [-0.1, -0.05) is 31.5 Å². The molecule has 1 aromatic carbocycles. The van der Waals surface area contributed by atoms with E-state index in [1.807, 2.05) is 26.0 Å². The monoisotopic (exact) mass is 245 g/mol. The second kappa shape index (κ2) is 6.74. The molecule has 3 nitrogen and oxygen atoms in total. The second-order valence-corrected chi connectivity index (χ2v) is 3.89. The minimum absolute atomic E-state index is 0. The van der Waals surface area contributed by atoms with Crippen molar-refractivity contribution >= 4 is 12.4 Å². The number of phenolic OH excluding ortho intramolecular Hbond substituents is 1. The molecule has 2 atom stereocenters. The maximum Gasteiger partial charge on any atom is 0.123 e. The third-order valence-electron chi connectivity index (χ3n) is 2.63. The van der Waals surface area contributed by atoms with Gasteiger partial charge in [0.2, 0.25) is 0 Å². The van der Waals surface area contributed by atoms with Crippen molar-refractivity contribution in [2.24, 2.45) is 5.73 Å². The van der Waals surface area contributed by atoms with E-state index in [2.05, 4.69) is 0 Å². The van der Waals surface area contributed by atoms with Gasteiger partial charge in [0.1, 0.15) is 5.75 Å². The molecule has 0 heterocycles. The van der Waals surface area contributed by atoms with Crippen molar-refractivity contribution in [3.8, 4) is 5.75 Å². The first kappa shape index (κ1) is 15.2. The van der Waals surface area contributed by atoms with E-state index in [0.29, 0.717) is 12.0 Å². The lowest BCUT2D eigenvalue weighted by Crippen LogP contribution is -2.26. The van der Waals surface area contributed by atoms with Crippen LogP contribution in [-0.4, -0.2) is 16.3 Å². The topological polar surface area (TPSA) is 66.5 Å². The Bertz CT molecular complexity index is 331. The molecule has 0 spiro atoms. The van der Waals surface area contributed by atoms with Gasteiger partial charge in [-0.3, -0.25) is 0 Å². The Morgan fingerprint density at radius 3 is 2.56 bits per heavy atom. The number of phenols is 1. The van der Waals surface area contributed by atoms with Crippen LogP contribution in [0.2, 0.25) is 0 Å². The summed E-state index contributed by atoms with van der Waals surface area (Å²) in [6, 6.07) is 4.90. The van der Waals surface area contributed by atoms with Crippen LogP contribution in [0.5, 0.6) is 5.75 Å². The van der Waals surface area contributed by atoms with E-state index >= 15 is 0 Å². The van der Waals surface area contributed by atoms with Crippen LogP contribution in [0.15, 0.2) is 18.2 Å². The first-order chi connectivity index (χ1) is 7.07. The van der Waals surface area contributed by atoms with Gasteiger partial charge in [0.15, 0.2) is 0 Å². The predicted octanol–water partition coefficient (Wildman–Crippen LogP) is 2.28. The molecular weight excluding hydrogens is 226 g/mol. The molecule has 0 aromatic heterocycles. The maximum absolute atomic E-state index is 9.79. The number of aromatic hydroxyl groups is 1. The van der Waals surface area contributed by atoms with E-state index < -0.39 is 12.1 Å². The molecule has 0 aliphatic rings. The molecule has 0 amide bonds. The molecule has 0 saturated heterocycles. The SMILES string of the molecule is CCC[C@@H](O)[C@@H](N)c1cccc(C)c1O.Cl. The van der Waals surface area contributed by atoms with Crippen LogP contribution in [0.25, 0.3) is 0 Å². The highest BCUT2D eigenvalue weighted by Gasteiger charge is 2.19. The number of para-hydroxylation sites is 1. The number of hydrogen-bond acceptors (Lipinski definition) is 3. The predicted molar refractivity (Wildman–Crippen MR) is 67.9 cm³/mol. The van der Waals surface area contributed by atoms with Crippen molar-refractivity contribution < 1.29 is 10.2 Å². The summed E-state index contributed by atoms with van der Waals surface area (Å²) in [6.07, 6.45) is 0.929. The van der Waals surface area contributed by atoms with Crippen LogP contribution in [0, 0.1) is 6.92 Å². The van der Waals surface area contributed by atoms with E-state index in [1.165, 1.54) is 0 Å². The summed E-state index contributed by atoms with van der Waals surface area (Å²) in [6.45, 7) is 3.81. The van der Waals surface area contributed by atoms with Gasteiger partial charge in [0.25, 0.3) is 0 Å². The minimum Gasteiger partial charge on any atom is -0.507 e. The van der Waals surface area contributed by atoms with Gasteiger partial charge in [-0.2, -0.15) is 0 Å².